The van der Waals surface area contributed by atoms with E-state index in [0.717, 1.165) is 45.6 Å². The van der Waals surface area contributed by atoms with E-state index in [0.29, 0.717) is 78.5 Å². The molecule has 8 aromatic heterocycles. The lowest BCUT2D eigenvalue weighted by Gasteiger charge is -2.28. The van der Waals surface area contributed by atoms with Crippen molar-refractivity contribution in [2.24, 2.45) is 0 Å². The summed E-state index contributed by atoms with van der Waals surface area (Å²) in [6, 6.07) is 58.8. The molecule has 0 fully saturated rings. The lowest BCUT2D eigenvalue weighted by Crippen LogP contribution is -2.26. The molecular weight excluding hydrogens is 1020 g/mol. The Balaban J connectivity index is 1.09. The van der Waals surface area contributed by atoms with Crippen molar-refractivity contribution in [2.75, 3.05) is 0 Å². The highest BCUT2D eigenvalue weighted by molar-refractivity contribution is 8.76. The van der Waals surface area contributed by atoms with Gasteiger partial charge in [0.25, 0.3) is 0 Å². The van der Waals surface area contributed by atoms with Crippen LogP contribution >= 0.6 is 21.6 Å². The molecule has 0 spiro atoms. The van der Waals surface area contributed by atoms with E-state index in [1.807, 2.05) is 120 Å². The molecule has 10 aromatic rings. The molecule has 14 heteroatoms. The standard InChI is InChI=1S/C66H66N12S2/c1-51-35-53(39-75(43-57-19-3-11-27-67-57)44-58-20-4-12-28-68-58)65(54(36-51)40-76(45-59-21-5-13-29-69-59)46-60-22-6-14-30-70-60)79-80-66-55(41-77(47-61-23-7-15-31-71-61)48-62-24-8-16-32-72-62)37-52(2)38-56(66)42-78(49-63-25-9-17-33-73-63)50-64-26-10-18-34-74-64/h3-38H,39-50H2,1-2H3. The largest absolute Gasteiger partial charge is 0.287 e. The Hall–Kier alpha value is -7.82. The zero-order valence-corrected chi connectivity index (χ0v) is 47.1. The number of nitrogens with zero attached hydrogens (tertiary/aromatic N) is 12. The maximum Gasteiger partial charge on any atom is 0.0544 e. The molecule has 0 aliphatic rings. The van der Waals surface area contributed by atoms with Crippen molar-refractivity contribution in [3.05, 3.63) is 298 Å². The highest BCUT2D eigenvalue weighted by Gasteiger charge is 2.24. The minimum atomic E-state index is 0.653. The Morgan fingerprint density at radius 1 is 0.250 bits per heavy atom. The number of hydrogen-bond donors (Lipinski definition) is 0. The van der Waals surface area contributed by atoms with Gasteiger partial charge >= 0.3 is 0 Å². The Labute approximate surface area is 478 Å². The van der Waals surface area contributed by atoms with Gasteiger partial charge < -0.3 is 0 Å². The molecule has 2 aromatic carbocycles. The number of benzene rings is 2. The van der Waals surface area contributed by atoms with Crippen LogP contribution in [0.4, 0.5) is 0 Å². The number of aromatic nitrogens is 8. The lowest BCUT2D eigenvalue weighted by atomic mass is 10.0. The Morgan fingerprint density at radius 3 is 0.575 bits per heavy atom. The van der Waals surface area contributed by atoms with Gasteiger partial charge in [-0.15, -0.1) is 0 Å². The average Bonchev–Trinajstić information content (AvgIpc) is 3.51. The molecule has 12 nitrogen and oxygen atoms in total. The van der Waals surface area contributed by atoms with Crippen LogP contribution in [0.3, 0.4) is 0 Å². The summed E-state index contributed by atoms with van der Waals surface area (Å²) in [7, 11) is 3.73. The molecule has 402 valence electrons. The van der Waals surface area contributed by atoms with Crippen LogP contribution in [-0.4, -0.2) is 59.5 Å². The second-order valence-corrected chi connectivity index (χ2v) is 22.3. The molecule has 10 rings (SSSR count). The first-order valence-electron chi connectivity index (χ1n) is 27.1. The van der Waals surface area contributed by atoms with Crippen LogP contribution in [0.1, 0.15) is 78.9 Å². The summed E-state index contributed by atoms with van der Waals surface area (Å²) in [5.74, 6) is 0. The number of aryl methyl sites for hydroxylation is 2. The van der Waals surface area contributed by atoms with E-state index in [-0.39, 0.29) is 0 Å². The van der Waals surface area contributed by atoms with Crippen molar-refractivity contribution in [2.45, 2.75) is 102 Å². The molecule has 8 heterocycles. The van der Waals surface area contributed by atoms with E-state index in [1.54, 1.807) is 0 Å². The van der Waals surface area contributed by atoms with Crippen molar-refractivity contribution in [3.63, 3.8) is 0 Å². The van der Waals surface area contributed by atoms with Gasteiger partial charge in [-0.1, -0.05) is 106 Å². The SMILES string of the molecule is Cc1cc(CN(Cc2ccccn2)Cc2ccccn2)c(SSc2c(CN(Cc3ccccn3)Cc3ccccn3)cc(C)cc2CN(Cc2ccccn2)Cc2ccccn2)c(CN(Cc2ccccn2)Cc2ccccn2)c1. The molecule has 0 radical (unpaired) electrons. The van der Waals surface area contributed by atoms with Crippen molar-refractivity contribution in [1.82, 2.24) is 59.5 Å². The molecule has 0 aliphatic carbocycles. The van der Waals surface area contributed by atoms with Crippen molar-refractivity contribution >= 4 is 21.6 Å². The van der Waals surface area contributed by atoms with Crippen molar-refractivity contribution in [1.29, 1.82) is 0 Å². The normalized spacial score (nSPS) is 11.5. The molecule has 0 saturated heterocycles. The fourth-order valence-electron chi connectivity index (χ4n) is 10.0. The van der Waals surface area contributed by atoms with Gasteiger partial charge in [-0.25, -0.2) is 0 Å². The summed E-state index contributed by atoms with van der Waals surface area (Å²) in [6.07, 6.45) is 15.1. The Morgan fingerprint density at radius 2 is 0.425 bits per heavy atom. The third-order valence-electron chi connectivity index (χ3n) is 13.5. The van der Waals surface area contributed by atoms with Crippen LogP contribution in [0.25, 0.3) is 0 Å². The summed E-state index contributed by atoms with van der Waals surface area (Å²) < 4.78 is 0. The Kier molecular flexibility index (Phi) is 20.0. The minimum absolute atomic E-state index is 0.653. The van der Waals surface area contributed by atoms with E-state index in [4.69, 9.17) is 39.9 Å². The first-order chi connectivity index (χ1) is 39.4. The van der Waals surface area contributed by atoms with Crippen LogP contribution < -0.4 is 0 Å². The van der Waals surface area contributed by atoms with Crippen molar-refractivity contribution < 1.29 is 0 Å². The van der Waals surface area contributed by atoms with E-state index in [2.05, 4.69) is 155 Å². The second-order valence-electron chi connectivity index (χ2n) is 20.1. The van der Waals surface area contributed by atoms with Gasteiger partial charge in [-0.3, -0.25) is 59.5 Å². The quantitative estimate of drug-likeness (QED) is 0.0455. The summed E-state index contributed by atoms with van der Waals surface area (Å²) in [6.45, 7) is 12.4. The molecule has 0 N–H and O–H groups in total. The monoisotopic (exact) mass is 1090 g/mol. The molecular formula is C66H66N12S2. The van der Waals surface area contributed by atoms with Gasteiger partial charge in [0.05, 0.1) is 45.6 Å². The van der Waals surface area contributed by atoms with E-state index >= 15 is 0 Å². The van der Waals surface area contributed by atoms with Crippen molar-refractivity contribution in [3.8, 4) is 0 Å². The zero-order chi connectivity index (χ0) is 54.6. The van der Waals surface area contributed by atoms with E-state index < -0.39 is 0 Å². The maximum absolute atomic E-state index is 4.82. The predicted octanol–water partition coefficient (Wildman–Crippen LogP) is 13.1. The third-order valence-corrected chi connectivity index (χ3v) is 16.2. The van der Waals surface area contributed by atoms with Gasteiger partial charge in [-0.2, -0.15) is 0 Å². The number of rotatable bonds is 27. The first kappa shape index (κ1) is 55.5. The Bertz CT molecular complexity index is 2810. The molecule has 0 bridgehead atoms. The molecule has 0 saturated carbocycles. The first-order valence-corrected chi connectivity index (χ1v) is 29.2. The summed E-state index contributed by atoms with van der Waals surface area (Å²) in [4.78, 5) is 50.9. The van der Waals surface area contributed by atoms with Gasteiger partial charge in [0.15, 0.2) is 0 Å². The fraction of sp³-hybridized carbons (Fsp3) is 0.212. The molecule has 80 heavy (non-hydrogen) atoms. The van der Waals surface area contributed by atoms with Crippen LogP contribution in [0, 0.1) is 13.8 Å². The predicted molar refractivity (Wildman–Crippen MR) is 320 cm³/mol. The fourth-order valence-corrected chi connectivity index (χ4v) is 12.9. The van der Waals surface area contributed by atoms with E-state index in [9.17, 15) is 0 Å². The van der Waals surface area contributed by atoms with E-state index in [1.165, 1.54) is 43.2 Å². The highest BCUT2D eigenvalue weighted by Crippen LogP contribution is 2.46. The third kappa shape index (κ3) is 16.9. The molecule has 0 amide bonds. The minimum Gasteiger partial charge on any atom is -0.287 e. The summed E-state index contributed by atoms with van der Waals surface area (Å²) >= 11 is 0. The van der Waals surface area contributed by atoms with Crippen LogP contribution in [-0.2, 0) is 78.5 Å². The van der Waals surface area contributed by atoms with Crippen LogP contribution in [0.2, 0.25) is 0 Å². The number of hydrogen-bond acceptors (Lipinski definition) is 14. The second kappa shape index (κ2) is 28.9. The summed E-state index contributed by atoms with van der Waals surface area (Å²) in [5, 5.41) is 0. The topological polar surface area (TPSA) is 116 Å². The van der Waals surface area contributed by atoms with Crippen LogP contribution in [0.15, 0.2) is 229 Å². The van der Waals surface area contributed by atoms with Gasteiger partial charge in [0.2, 0.25) is 0 Å². The molecule has 0 unspecified atom stereocenters. The van der Waals surface area contributed by atoms with Gasteiger partial charge in [-0.05, 0) is 133 Å². The number of pyridine rings is 8. The molecule has 0 atom stereocenters. The summed E-state index contributed by atoms with van der Waals surface area (Å²) in [5.41, 5.74) is 15.4. The average molecular weight is 1090 g/mol. The highest BCUT2D eigenvalue weighted by atomic mass is 33.1. The van der Waals surface area contributed by atoms with Crippen LogP contribution in [0.5, 0.6) is 0 Å². The van der Waals surface area contributed by atoms with Gasteiger partial charge in [0.1, 0.15) is 0 Å². The smallest absolute Gasteiger partial charge is 0.0544 e. The van der Waals surface area contributed by atoms with Gasteiger partial charge in [0, 0.05) is 138 Å². The zero-order valence-electron chi connectivity index (χ0n) is 45.5. The lowest BCUT2D eigenvalue weighted by molar-refractivity contribution is 0.234. The molecule has 0 aliphatic heterocycles. The maximum atomic E-state index is 4.82.